The van der Waals surface area contributed by atoms with E-state index >= 15 is 0 Å². The van der Waals surface area contributed by atoms with Crippen LogP contribution in [0, 0.1) is 0 Å². The molecule has 0 unspecified atom stereocenters. The van der Waals surface area contributed by atoms with Gasteiger partial charge in [0.2, 0.25) is 0 Å². The van der Waals surface area contributed by atoms with Gasteiger partial charge in [-0.2, -0.15) is 16.9 Å². The maximum atomic E-state index is 11.2. The zero-order valence-corrected chi connectivity index (χ0v) is 8.80. The first-order chi connectivity index (χ1) is 6.24. The second-order valence-corrected chi connectivity index (χ2v) is 3.78. The van der Waals surface area contributed by atoms with Gasteiger partial charge < -0.3 is 0 Å². The molecular formula is C9H14N2OS. The van der Waals surface area contributed by atoms with Crippen LogP contribution in [0.3, 0.4) is 0 Å². The second kappa shape index (κ2) is 5.07. The third-order valence-corrected chi connectivity index (χ3v) is 2.50. The predicted octanol–water partition coefficient (Wildman–Crippen LogP) is 1.28. The van der Waals surface area contributed by atoms with Crippen LogP contribution in [0.5, 0.6) is 0 Å². The van der Waals surface area contributed by atoms with Crippen molar-refractivity contribution in [2.75, 3.05) is 12.0 Å². The molecule has 0 saturated heterocycles. The van der Waals surface area contributed by atoms with Crippen molar-refractivity contribution in [3.8, 4) is 0 Å². The van der Waals surface area contributed by atoms with Crippen LogP contribution in [0.15, 0.2) is 12.3 Å². The number of thioether (sulfide) groups is 1. The molecule has 13 heavy (non-hydrogen) atoms. The van der Waals surface area contributed by atoms with E-state index in [0.717, 1.165) is 12.1 Å². The van der Waals surface area contributed by atoms with E-state index in [1.54, 1.807) is 18.0 Å². The SMILES string of the molecule is CSCC(=O)CCc1ccnn1C. The molecule has 72 valence electrons. The van der Waals surface area contributed by atoms with Gasteiger partial charge in [0.25, 0.3) is 0 Å². The van der Waals surface area contributed by atoms with Crippen LogP contribution in [0.1, 0.15) is 12.1 Å². The monoisotopic (exact) mass is 198 g/mol. The summed E-state index contributed by atoms with van der Waals surface area (Å²) in [6.07, 6.45) is 5.13. The third kappa shape index (κ3) is 3.22. The summed E-state index contributed by atoms with van der Waals surface area (Å²) in [6.45, 7) is 0. The van der Waals surface area contributed by atoms with E-state index in [1.165, 1.54) is 0 Å². The molecule has 0 fully saturated rings. The summed E-state index contributed by atoms with van der Waals surface area (Å²) < 4.78 is 1.81. The number of hydrogen-bond donors (Lipinski definition) is 0. The highest BCUT2D eigenvalue weighted by atomic mass is 32.2. The van der Waals surface area contributed by atoms with Gasteiger partial charge in [-0.3, -0.25) is 9.48 Å². The fourth-order valence-electron chi connectivity index (χ4n) is 1.15. The van der Waals surface area contributed by atoms with Gasteiger partial charge in [-0.25, -0.2) is 0 Å². The quantitative estimate of drug-likeness (QED) is 0.715. The van der Waals surface area contributed by atoms with Crippen molar-refractivity contribution in [1.29, 1.82) is 0 Å². The molecule has 0 N–H and O–H groups in total. The maximum Gasteiger partial charge on any atom is 0.143 e. The van der Waals surface area contributed by atoms with Crippen LogP contribution in [-0.4, -0.2) is 27.6 Å². The van der Waals surface area contributed by atoms with Gasteiger partial charge in [-0.05, 0) is 18.7 Å². The first kappa shape index (κ1) is 10.3. The lowest BCUT2D eigenvalue weighted by Crippen LogP contribution is -2.05. The molecule has 3 nitrogen and oxygen atoms in total. The lowest BCUT2D eigenvalue weighted by atomic mass is 10.2. The number of hydrogen-bond acceptors (Lipinski definition) is 3. The molecule has 0 saturated carbocycles. The van der Waals surface area contributed by atoms with E-state index < -0.39 is 0 Å². The molecule has 0 aliphatic rings. The van der Waals surface area contributed by atoms with E-state index in [2.05, 4.69) is 5.10 Å². The molecule has 0 aliphatic heterocycles. The lowest BCUT2D eigenvalue weighted by molar-refractivity contribution is -0.116. The Kier molecular flexibility index (Phi) is 4.02. The Hall–Kier alpha value is -0.770. The van der Waals surface area contributed by atoms with E-state index in [0.29, 0.717) is 18.0 Å². The number of rotatable bonds is 5. The summed E-state index contributed by atoms with van der Waals surface area (Å²) in [5.74, 6) is 0.936. The molecule has 0 bridgehead atoms. The van der Waals surface area contributed by atoms with E-state index in [1.807, 2.05) is 24.1 Å². The molecule has 0 radical (unpaired) electrons. The number of carbonyl (C=O) groups is 1. The van der Waals surface area contributed by atoms with E-state index in [-0.39, 0.29) is 0 Å². The highest BCUT2D eigenvalue weighted by Crippen LogP contribution is 2.03. The number of carbonyl (C=O) groups excluding carboxylic acids is 1. The molecule has 1 aromatic heterocycles. The van der Waals surface area contributed by atoms with E-state index in [9.17, 15) is 4.79 Å². The number of nitrogens with zero attached hydrogens (tertiary/aromatic N) is 2. The van der Waals surface area contributed by atoms with Gasteiger partial charge in [-0.15, -0.1) is 0 Å². The fourth-order valence-corrected chi connectivity index (χ4v) is 1.61. The van der Waals surface area contributed by atoms with Crippen LogP contribution < -0.4 is 0 Å². The van der Waals surface area contributed by atoms with Gasteiger partial charge in [0.05, 0.1) is 5.75 Å². The minimum atomic E-state index is 0.314. The topological polar surface area (TPSA) is 34.9 Å². The zero-order valence-electron chi connectivity index (χ0n) is 7.99. The Morgan fingerprint density at radius 2 is 2.46 bits per heavy atom. The summed E-state index contributed by atoms with van der Waals surface area (Å²) in [6, 6.07) is 1.95. The largest absolute Gasteiger partial charge is 0.299 e. The lowest BCUT2D eigenvalue weighted by Gasteiger charge is -2.00. The van der Waals surface area contributed by atoms with Crippen molar-refractivity contribution in [1.82, 2.24) is 9.78 Å². The van der Waals surface area contributed by atoms with Crippen molar-refractivity contribution in [2.45, 2.75) is 12.8 Å². The summed E-state index contributed by atoms with van der Waals surface area (Å²) >= 11 is 1.58. The van der Waals surface area contributed by atoms with Crippen molar-refractivity contribution in [2.24, 2.45) is 7.05 Å². The molecule has 0 amide bonds. The average molecular weight is 198 g/mol. The maximum absolute atomic E-state index is 11.2. The average Bonchev–Trinajstić information content (AvgIpc) is 2.48. The van der Waals surface area contributed by atoms with Crippen LogP contribution in [0.25, 0.3) is 0 Å². The van der Waals surface area contributed by atoms with Crippen molar-refractivity contribution < 1.29 is 4.79 Å². The van der Waals surface area contributed by atoms with Gasteiger partial charge in [0, 0.05) is 25.4 Å². The third-order valence-electron chi connectivity index (χ3n) is 1.89. The number of aryl methyl sites for hydroxylation is 2. The minimum Gasteiger partial charge on any atom is -0.299 e. The molecule has 0 aliphatic carbocycles. The fraction of sp³-hybridized carbons (Fsp3) is 0.556. The highest BCUT2D eigenvalue weighted by Gasteiger charge is 2.03. The summed E-state index contributed by atoms with van der Waals surface area (Å²) in [5, 5.41) is 4.04. The number of Topliss-reactive ketones (excluding diaryl/α,β-unsaturated/α-hetero) is 1. The molecule has 1 heterocycles. The summed E-state index contributed by atoms with van der Waals surface area (Å²) in [5.41, 5.74) is 1.12. The molecule has 1 aromatic rings. The molecule has 1 rings (SSSR count). The first-order valence-electron chi connectivity index (χ1n) is 4.21. The normalized spacial score (nSPS) is 10.3. The molecule has 0 aromatic carbocycles. The first-order valence-corrected chi connectivity index (χ1v) is 5.61. The van der Waals surface area contributed by atoms with Crippen molar-refractivity contribution in [3.63, 3.8) is 0 Å². The van der Waals surface area contributed by atoms with E-state index in [4.69, 9.17) is 0 Å². The summed E-state index contributed by atoms with van der Waals surface area (Å²) in [4.78, 5) is 11.2. The van der Waals surface area contributed by atoms with Crippen LogP contribution in [0.2, 0.25) is 0 Å². The molecule has 4 heteroatoms. The predicted molar refractivity (Wildman–Crippen MR) is 54.9 cm³/mol. The van der Waals surface area contributed by atoms with Gasteiger partial charge in [0.15, 0.2) is 0 Å². The Balaban J connectivity index is 2.35. The summed E-state index contributed by atoms with van der Waals surface area (Å²) in [7, 11) is 1.90. The minimum absolute atomic E-state index is 0.314. The Morgan fingerprint density at radius 1 is 1.69 bits per heavy atom. The highest BCUT2D eigenvalue weighted by molar-refractivity contribution is 7.99. The van der Waals surface area contributed by atoms with Crippen LogP contribution >= 0.6 is 11.8 Å². The van der Waals surface area contributed by atoms with Crippen molar-refractivity contribution >= 4 is 17.5 Å². The zero-order chi connectivity index (χ0) is 9.68. The van der Waals surface area contributed by atoms with Crippen LogP contribution in [-0.2, 0) is 18.3 Å². The molecular weight excluding hydrogens is 184 g/mol. The number of aromatic nitrogens is 2. The molecule has 0 atom stereocenters. The van der Waals surface area contributed by atoms with Crippen LogP contribution in [0.4, 0.5) is 0 Å². The van der Waals surface area contributed by atoms with Crippen molar-refractivity contribution in [3.05, 3.63) is 18.0 Å². The smallest absolute Gasteiger partial charge is 0.143 e. The second-order valence-electron chi connectivity index (χ2n) is 2.92. The standard InChI is InChI=1S/C9H14N2OS/c1-11-8(5-6-10-11)3-4-9(12)7-13-2/h5-6H,3-4,7H2,1-2H3. The van der Waals surface area contributed by atoms with Gasteiger partial charge in [0.1, 0.15) is 5.78 Å². The Labute approximate surface area is 82.5 Å². The number of ketones is 1. The van der Waals surface area contributed by atoms with Gasteiger partial charge >= 0.3 is 0 Å². The van der Waals surface area contributed by atoms with Gasteiger partial charge in [-0.1, -0.05) is 0 Å². The Morgan fingerprint density at radius 3 is 3.00 bits per heavy atom. The molecule has 0 spiro atoms. The Bertz CT molecular complexity index is 283.